The predicted octanol–water partition coefficient (Wildman–Crippen LogP) is 3.20. The van der Waals surface area contributed by atoms with E-state index in [0.29, 0.717) is 0 Å². The van der Waals surface area contributed by atoms with E-state index in [-0.39, 0.29) is 12.8 Å². The van der Waals surface area contributed by atoms with Gasteiger partial charge < -0.3 is 0 Å². The van der Waals surface area contributed by atoms with Crippen LogP contribution in [0, 0.1) is 5.41 Å². The molecule has 5 heteroatoms. The van der Waals surface area contributed by atoms with Crippen LogP contribution in [0.15, 0.2) is 0 Å². The zero-order valence-electron chi connectivity index (χ0n) is 11.4. The fourth-order valence-corrected chi connectivity index (χ4v) is 12.3. The molecule has 1 aliphatic heterocycles. The molecule has 0 spiro atoms. The van der Waals surface area contributed by atoms with E-state index in [0.717, 1.165) is 23.3 Å². The standard InChI is InChI=1S/C13H24GeO4/c1-3-14(4-2)7-5-13(6-8-14,9-11(15)16)10-12(17)18/h3-10H2,1-2H3,(H,15,16)(H,17,18). The Labute approximate surface area is 111 Å². The monoisotopic (exact) mass is 318 g/mol. The Morgan fingerprint density at radius 1 is 1.00 bits per heavy atom. The van der Waals surface area contributed by atoms with Gasteiger partial charge in [0, 0.05) is 0 Å². The Kier molecular flexibility index (Phi) is 5.25. The van der Waals surface area contributed by atoms with Gasteiger partial charge in [0.25, 0.3) is 0 Å². The molecule has 0 saturated carbocycles. The molecule has 0 amide bonds. The molecule has 0 unspecified atom stereocenters. The summed E-state index contributed by atoms with van der Waals surface area (Å²) in [4.78, 5) is 22.0. The van der Waals surface area contributed by atoms with Gasteiger partial charge in [-0.25, -0.2) is 0 Å². The van der Waals surface area contributed by atoms with Crippen molar-refractivity contribution >= 4 is 25.2 Å². The molecule has 0 atom stereocenters. The SMILES string of the molecule is C[CH2][Ge]1([CH2]C)[CH2]CC(CC(=O)O)(CC(=O)O)C[CH2]1. The van der Waals surface area contributed by atoms with Gasteiger partial charge in [0.2, 0.25) is 0 Å². The van der Waals surface area contributed by atoms with Crippen molar-refractivity contribution in [2.24, 2.45) is 5.41 Å². The molecule has 104 valence electrons. The summed E-state index contributed by atoms with van der Waals surface area (Å²) in [5, 5.41) is 22.9. The molecule has 0 bridgehead atoms. The number of rotatable bonds is 6. The van der Waals surface area contributed by atoms with Gasteiger partial charge in [-0.05, 0) is 0 Å². The number of carboxylic acids is 2. The van der Waals surface area contributed by atoms with E-state index in [2.05, 4.69) is 13.8 Å². The van der Waals surface area contributed by atoms with Crippen LogP contribution in [0.25, 0.3) is 0 Å². The van der Waals surface area contributed by atoms with E-state index < -0.39 is 30.6 Å². The molecular weight excluding hydrogens is 293 g/mol. The van der Waals surface area contributed by atoms with Gasteiger partial charge in [-0.3, -0.25) is 0 Å². The van der Waals surface area contributed by atoms with E-state index >= 15 is 0 Å². The molecule has 1 saturated heterocycles. The normalized spacial score (nSPS) is 21.4. The molecule has 0 aromatic rings. The first-order chi connectivity index (χ1) is 8.37. The van der Waals surface area contributed by atoms with Crippen molar-refractivity contribution in [1.82, 2.24) is 0 Å². The quantitative estimate of drug-likeness (QED) is 0.738. The third-order valence-corrected chi connectivity index (χ3v) is 16.7. The molecule has 4 nitrogen and oxygen atoms in total. The van der Waals surface area contributed by atoms with Crippen LogP contribution in [0.3, 0.4) is 0 Å². The Balaban J connectivity index is 2.78. The van der Waals surface area contributed by atoms with Gasteiger partial charge in [0.05, 0.1) is 0 Å². The van der Waals surface area contributed by atoms with Crippen molar-refractivity contribution in [3.63, 3.8) is 0 Å². The molecule has 0 radical (unpaired) electrons. The second kappa shape index (κ2) is 6.08. The van der Waals surface area contributed by atoms with Crippen LogP contribution in [0.5, 0.6) is 0 Å². The molecule has 0 aromatic carbocycles. The molecule has 1 fully saturated rings. The second-order valence-corrected chi connectivity index (χ2v) is 17.2. The van der Waals surface area contributed by atoms with Gasteiger partial charge in [-0.15, -0.1) is 0 Å². The molecule has 18 heavy (non-hydrogen) atoms. The predicted molar refractivity (Wildman–Crippen MR) is 72.5 cm³/mol. The van der Waals surface area contributed by atoms with Gasteiger partial charge in [0.1, 0.15) is 0 Å². The van der Waals surface area contributed by atoms with Crippen molar-refractivity contribution in [2.45, 2.75) is 60.5 Å². The number of aliphatic carboxylic acids is 2. The van der Waals surface area contributed by atoms with E-state index in [9.17, 15) is 9.59 Å². The molecule has 1 rings (SSSR count). The molecule has 2 N–H and O–H groups in total. The minimum atomic E-state index is -1.74. The van der Waals surface area contributed by atoms with Crippen molar-refractivity contribution < 1.29 is 19.8 Å². The van der Waals surface area contributed by atoms with E-state index in [4.69, 9.17) is 10.2 Å². The summed E-state index contributed by atoms with van der Waals surface area (Å²) in [7, 11) is 0. The number of hydrogen-bond acceptors (Lipinski definition) is 2. The zero-order valence-corrected chi connectivity index (χ0v) is 13.5. The second-order valence-electron chi connectivity index (χ2n) is 5.85. The fraction of sp³-hybridized carbons (Fsp3) is 0.846. The van der Waals surface area contributed by atoms with Crippen LogP contribution in [0.2, 0.25) is 21.0 Å². The fourth-order valence-electron chi connectivity index (χ4n) is 3.33. The van der Waals surface area contributed by atoms with Gasteiger partial charge in [-0.1, -0.05) is 0 Å². The average molecular weight is 317 g/mol. The molecule has 1 heterocycles. The summed E-state index contributed by atoms with van der Waals surface area (Å²) in [6.45, 7) is 4.51. The van der Waals surface area contributed by atoms with Crippen molar-refractivity contribution in [2.75, 3.05) is 0 Å². The van der Waals surface area contributed by atoms with Gasteiger partial charge in [-0.2, -0.15) is 0 Å². The maximum absolute atomic E-state index is 11.0. The number of carbonyl (C=O) groups is 2. The molecular formula is C13H24GeO4. The van der Waals surface area contributed by atoms with Crippen LogP contribution >= 0.6 is 0 Å². The van der Waals surface area contributed by atoms with Crippen molar-refractivity contribution in [3.05, 3.63) is 0 Å². The van der Waals surface area contributed by atoms with Crippen molar-refractivity contribution in [1.29, 1.82) is 0 Å². The first-order valence-electron chi connectivity index (χ1n) is 6.81. The third kappa shape index (κ3) is 3.74. The summed E-state index contributed by atoms with van der Waals surface area (Å²) in [5.74, 6) is -1.71. The van der Waals surface area contributed by atoms with Gasteiger partial charge >= 0.3 is 111 Å². The van der Waals surface area contributed by atoms with E-state index in [1.165, 1.54) is 10.5 Å². The van der Waals surface area contributed by atoms with Gasteiger partial charge in [0.15, 0.2) is 0 Å². The maximum atomic E-state index is 11.0. The van der Waals surface area contributed by atoms with E-state index in [1.807, 2.05) is 0 Å². The van der Waals surface area contributed by atoms with Crippen LogP contribution in [0.1, 0.15) is 39.5 Å². The Morgan fingerprint density at radius 2 is 1.39 bits per heavy atom. The molecule has 0 aromatic heterocycles. The Morgan fingerprint density at radius 3 is 1.67 bits per heavy atom. The molecule has 0 aliphatic carbocycles. The van der Waals surface area contributed by atoms with E-state index in [1.54, 1.807) is 0 Å². The Bertz CT molecular complexity index is 295. The first-order valence-corrected chi connectivity index (χ1v) is 12.7. The minimum absolute atomic E-state index is 0.0189. The van der Waals surface area contributed by atoms with Crippen LogP contribution in [-0.2, 0) is 9.59 Å². The first kappa shape index (κ1) is 15.5. The summed E-state index contributed by atoms with van der Waals surface area (Å²) < 4.78 is 0. The number of hydrogen-bond donors (Lipinski definition) is 2. The van der Waals surface area contributed by atoms with Crippen LogP contribution in [-0.4, -0.2) is 35.4 Å². The van der Waals surface area contributed by atoms with Crippen LogP contribution in [0.4, 0.5) is 0 Å². The Hall–Kier alpha value is -0.517. The summed E-state index contributed by atoms with van der Waals surface area (Å²) in [5.41, 5.74) is -0.475. The van der Waals surface area contributed by atoms with Crippen molar-refractivity contribution in [3.8, 4) is 0 Å². The summed E-state index contributed by atoms with van der Waals surface area (Å²) in [6.07, 6.45) is 1.66. The third-order valence-electron chi connectivity index (χ3n) is 4.92. The topological polar surface area (TPSA) is 74.6 Å². The molecule has 1 aliphatic rings. The zero-order chi connectivity index (χ0) is 13.8. The summed E-state index contributed by atoms with van der Waals surface area (Å²) in [6, 6.07) is 0. The number of carboxylic acid groups (broad SMARTS) is 2. The summed E-state index contributed by atoms with van der Waals surface area (Å²) >= 11 is -1.74. The van der Waals surface area contributed by atoms with Crippen LogP contribution < -0.4 is 0 Å². The average Bonchev–Trinajstić information content (AvgIpc) is 2.29.